The van der Waals surface area contributed by atoms with Gasteiger partial charge in [0.1, 0.15) is 24.4 Å². The van der Waals surface area contributed by atoms with Crippen LogP contribution in [-0.4, -0.2) is 79.0 Å². The molecule has 124 valence electrons. The Kier molecular flexibility index (Phi) is 5.67. The minimum Gasteiger partial charge on any atom is -0.426 e. The molecule has 0 bridgehead atoms. The molecule has 0 aromatic carbocycles. The molecule has 9 nitrogen and oxygen atoms in total. The number of aliphatic hydroxyl groups excluding tert-OH is 5. The molecular formula is C12H23NO8. The summed E-state index contributed by atoms with van der Waals surface area (Å²) in [5.41, 5.74) is 5.61. The molecule has 8 N–H and O–H groups in total. The van der Waals surface area contributed by atoms with Gasteiger partial charge in [-0.2, -0.15) is 0 Å². The van der Waals surface area contributed by atoms with Gasteiger partial charge in [-0.05, 0) is 5.92 Å². The van der Waals surface area contributed by atoms with Crippen LogP contribution in [-0.2, 0) is 9.53 Å². The number of hydrogen-bond acceptors (Lipinski definition) is 9. The first-order valence-electron chi connectivity index (χ1n) is 6.69. The Labute approximate surface area is 121 Å². The molecule has 0 radical (unpaired) electrons. The van der Waals surface area contributed by atoms with Gasteiger partial charge in [0.2, 0.25) is 0 Å². The number of hydrogen-bond donors (Lipinski definition) is 7. The molecule has 0 spiro atoms. The lowest BCUT2D eigenvalue weighted by Gasteiger charge is -2.46. The van der Waals surface area contributed by atoms with E-state index in [9.17, 15) is 35.4 Å². The first kappa shape index (κ1) is 18.2. The Balaban J connectivity index is 2.95. The maximum absolute atomic E-state index is 11.8. The molecule has 0 amide bonds. The number of nitrogens with two attached hydrogens (primary N) is 1. The van der Waals surface area contributed by atoms with Gasteiger partial charge in [0.15, 0.2) is 12.2 Å². The van der Waals surface area contributed by atoms with Crippen LogP contribution in [0.25, 0.3) is 0 Å². The zero-order chi connectivity index (χ0) is 16.5. The van der Waals surface area contributed by atoms with Gasteiger partial charge in [-0.1, -0.05) is 20.3 Å². The van der Waals surface area contributed by atoms with Crippen LogP contribution in [0.1, 0.15) is 20.3 Å². The standard InChI is InChI=1S/C12H23NO8/c1-3-4(2)5(13)11(19)21-12(20)9(17)7(15)6(14)8(16)10(12)18/h4-10,14-18,20H,3,13H2,1-2H3/t4-,5-,6?,7-,8+,9+,10+,12?/m0/s1. The average Bonchev–Trinajstić information content (AvgIpc) is 2.47. The predicted molar refractivity (Wildman–Crippen MR) is 68.5 cm³/mol. The maximum atomic E-state index is 11.8. The third-order valence-electron chi connectivity index (χ3n) is 3.99. The number of esters is 1. The van der Waals surface area contributed by atoms with Crippen molar-refractivity contribution in [3.63, 3.8) is 0 Å². The van der Waals surface area contributed by atoms with Crippen LogP contribution >= 0.6 is 0 Å². The van der Waals surface area contributed by atoms with Gasteiger partial charge in [-0.25, -0.2) is 0 Å². The van der Waals surface area contributed by atoms with Gasteiger partial charge in [-0.15, -0.1) is 0 Å². The molecule has 8 atom stereocenters. The molecule has 1 rings (SSSR count). The van der Waals surface area contributed by atoms with Crippen molar-refractivity contribution in [2.45, 2.75) is 62.6 Å². The third-order valence-corrected chi connectivity index (χ3v) is 3.99. The van der Waals surface area contributed by atoms with Crippen LogP contribution in [0.2, 0.25) is 0 Å². The van der Waals surface area contributed by atoms with Crippen LogP contribution in [0.4, 0.5) is 0 Å². The van der Waals surface area contributed by atoms with E-state index in [1.54, 1.807) is 13.8 Å². The van der Waals surface area contributed by atoms with Crippen molar-refractivity contribution in [2.75, 3.05) is 0 Å². The molecule has 1 fully saturated rings. The lowest BCUT2D eigenvalue weighted by Crippen LogP contribution is -2.72. The Morgan fingerprint density at radius 2 is 1.57 bits per heavy atom. The Morgan fingerprint density at radius 1 is 1.14 bits per heavy atom. The van der Waals surface area contributed by atoms with Crippen LogP contribution in [0, 0.1) is 5.92 Å². The molecule has 1 aliphatic carbocycles. The number of rotatable bonds is 4. The van der Waals surface area contributed by atoms with Crippen molar-refractivity contribution >= 4 is 5.97 Å². The molecule has 0 aliphatic heterocycles. The quantitative estimate of drug-likeness (QED) is 0.204. The van der Waals surface area contributed by atoms with Crippen molar-refractivity contribution in [3.8, 4) is 0 Å². The summed E-state index contributed by atoms with van der Waals surface area (Å²) in [7, 11) is 0. The summed E-state index contributed by atoms with van der Waals surface area (Å²) in [6, 6.07) is -1.13. The van der Waals surface area contributed by atoms with E-state index >= 15 is 0 Å². The minimum atomic E-state index is -2.97. The summed E-state index contributed by atoms with van der Waals surface area (Å²) in [6.45, 7) is 3.44. The average molecular weight is 309 g/mol. The Morgan fingerprint density at radius 3 is 1.95 bits per heavy atom. The summed E-state index contributed by atoms with van der Waals surface area (Å²) in [5.74, 6) is -4.37. The molecule has 0 aromatic rings. The van der Waals surface area contributed by atoms with Crippen LogP contribution in [0.15, 0.2) is 0 Å². The van der Waals surface area contributed by atoms with E-state index in [0.29, 0.717) is 6.42 Å². The fraction of sp³-hybridized carbons (Fsp3) is 0.917. The van der Waals surface area contributed by atoms with Gasteiger partial charge in [-0.3, -0.25) is 4.79 Å². The highest BCUT2D eigenvalue weighted by molar-refractivity contribution is 5.76. The van der Waals surface area contributed by atoms with E-state index in [1.807, 2.05) is 0 Å². The van der Waals surface area contributed by atoms with Crippen molar-refractivity contribution in [3.05, 3.63) is 0 Å². The van der Waals surface area contributed by atoms with Gasteiger partial charge >= 0.3 is 5.97 Å². The van der Waals surface area contributed by atoms with Crippen LogP contribution < -0.4 is 5.73 Å². The van der Waals surface area contributed by atoms with Crippen LogP contribution in [0.5, 0.6) is 0 Å². The minimum absolute atomic E-state index is 0.292. The second kappa shape index (κ2) is 6.53. The first-order valence-corrected chi connectivity index (χ1v) is 6.69. The van der Waals surface area contributed by atoms with Crippen molar-refractivity contribution in [1.29, 1.82) is 0 Å². The zero-order valence-electron chi connectivity index (χ0n) is 11.8. The highest BCUT2D eigenvalue weighted by atomic mass is 16.7. The van der Waals surface area contributed by atoms with Gasteiger partial charge in [0.05, 0.1) is 0 Å². The highest BCUT2D eigenvalue weighted by Gasteiger charge is 2.60. The summed E-state index contributed by atoms with van der Waals surface area (Å²) < 4.78 is 4.64. The predicted octanol–water partition coefficient (Wildman–Crippen LogP) is -3.59. The van der Waals surface area contributed by atoms with Crippen molar-refractivity contribution < 1.29 is 40.2 Å². The van der Waals surface area contributed by atoms with E-state index in [0.717, 1.165) is 0 Å². The largest absolute Gasteiger partial charge is 0.426 e. The van der Waals surface area contributed by atoms with E-state index in [4.69, 9.17) is 5.73 Å². The first-order chi connectivity index (χ1) is 9.57. The van der Waals surface area contributed by atoms with Gasteiger partial charge < -0.3 is 41.1 Å². The van der Waals surface area contributed by atoms with E-state index < -0.39 is 48.3 Å². The zero-order valence-corrected chi connectivity index (χ0v) is 11.8. The summed E-state index contributed by atoms with van der Waals surface area (Å²) in [4.78, 5) is 11.8. The highest BCUT2D eigenvalue weighted by Crippen LogP contribution is 2.32. The van der Waals surface area contributed by atoms with Crippen molar-refractivity contribution in [1.82, 2.24) is 0 Å². The monoisotopic (exact) mass is 309 g/mol. The molecule has 21 heavy (non-hydrogen) atoms. The van der Waals surface area contributed by atoms with Crippen LogP contribution in [0.3, 0.4) is 0 Å². The molecule has 1 aliphatic rings. The number of ether oxygens (including phenoxy) is 1. The fourth-order valence-corrected chi connectivity index (χ4v) is 2.08. The second-order valence-corrected chi connectivity index (χ2v) is 5.45. The molecule has 0 heterocycles. The van der Waals surface area contributed by atoms with E-state index in [-0.39, 0.29) is 5.92 Å². The summed E-state index contributed by atoms with van der Waals surface area (Å²) >= 11 is 0. The topological polar surface area (TPSA) is 174 Å². The summed E-state index contributed by atoms with van der Waals surface area (Å²) in [6.07, 6.45) is -9.80. The maximum Gasteiger partial charge on any atom is 0.325 e. The van der Waals surface area contributed by atoms with E-state index in [2.05, 4.69) is 4.74 Å². The normalized spacial score (nSPS) is 43.2. The lowest BCUT2D eigenvalue weighted by molar-refractivity contribution is -0.348. The van der Waals surface area contributed by atoms with Gasteiger partial charge in [0.25, 0.3) is 5.79 Å². The molecular weight excluding hydrogens is 286 g/mol. The molecule has 1 saturated carbocycles. The summed E-state index contributed by atoms with van der Waals surface area (Å²) in [5, 5.41) is 58.0. The van der Waals surface area contributed by atoms with Crippen molar-refractivity contribution in [2.24, 2.45) is 11.7 Å². The Hall–Kier alpha value is -0.810. The fourth-order valence-electron chi connectivity index (χ4n) is 2.08. The smallest absolute Gasteiger partial charge is 0.325 e. The molecule has 0 saturated heterocycles. The lowest BCUT2D eigenvalue weighted by atomic mass is 9.82. The Bertz CT molecular complexity index is 362. The molecule has 9 heteroatoms. The molecule has 2 unspecified atom stereocenters. The third kappa shape index (κ3) is 3.19. The van der Waals surface area contributed by atoms with Gasteiger partial charge in [0, 0.05) is 0 Å². The van der Waals surface area contributed by atoms with E-state index in [1.165, 1.54) is 0 Å². The second-order valence-electron chi connectivity index (χ2n) is 5.45. The number of aliphatic hydroxyl groups is 6. The molecule has 0 aromatic heterocycles. The SMILES string of the molecule is CC[C@H](C)[C@H](N)C(=O)OC1(O)[C@H](O)[C@H](O)C(O)[C@H](O)[C@H]1O. The number of carbonyl (C=O) groups excluding carboxylic acids is 1. The number of carbonyl (C=O) groups is 1.